The summed E-state index contributed by atoms with van der Waals surface area (Å²) in [6, 6.07) is 8.18. The van der Waals surface area contributed by atoms with Gasteiger partial charge in [0.2, 0.25) is 11.7 Å². The Morgan fingerprint density at radius 1 is 1.20 bits per heavy atom. The second-order valence-electron chi connectivity index (χ2n) is 7.05. The number of benzene rings is 1. The van der Waals surface area contributed by atoms with Crippen LogP contribution in [0.4, 0.5) is 4.79 Å². The molecule has 2 aliphatic rings. The van der Waals surface area contributed by atoms with E-state index in [1.807, 2.05) is 36.1 Å². The normalized spacial score (nSPS) is 21.0. The Hall–Kier alpha value is -2.37. The minimum atomic E-state index is -0.119. The van der Waals surface area contributed by atoms with Crippen molar-refractivity contribution in [3.05, 3.63) is 35.7 Å². The molecule has 1 aromatic carbocycles. The van der Waals surface area contributed by atoms with Gasteiger partial charge in [0, 0.05) is 18.2 Å². The molecule has 0 spiro atoms. The maximum atomic E-state index is 12.6. The molecule has 1 aliphatic heterocycles. The molecule has 1 saturated carbocycles. The topological polar surface area (TPSA) is 71.3 Å². The van der Waals surface area contributed by atoms with E-state index in [-0.39, 0.29) is 12.1 Å². The Morgan fingerprint density at radius 2 is 2.00 bits per heavy atom. The SMILES string of the molecule is Cc1ccccc1-c1noc([C@H]2CCCN2C(=O)NC2CCCC2)n1. The second kappa shape index (κ2) is 6.86. The van der Waals surface area contributed by atoms with Crippen LogP contribution in [0.15, 0.2) is 28.8 Å². The highest BCUT2D eigenvalue weighted by molar-refractivity contribution is 5.75. The summed E-state index contributed by atoms with van der Waals surface area (Å²) in [6.45, 7) is 2.77. The van der Waals surface area contributed by atoms with Gasteiger partial charge < -0.3 is 14.7 Å². The van der Waals surface area contributed by atoms with Crippen LogP contribution in [0.1, 0.15) is 56.0 Å². The summed E-state index contributed by atoms with van der Waals surface area (Å²) >= 11 is 0. The largest absolute Gasteiger partial charge is 0.337 e. The molecule has 2 fully saturated rings. The molecular weight excluding hydrogens is 316 g/mol. The van der Waals surface area contributed by atoms with Gasteiger partial charge >= 0.3 is 6.03 Å². The van der Waals surface area contributed by atoms with Gasteiger partial charge in [-0.15, -0.1) is 0 Å². The van der Waals surface area contributed by atoms with E-state index in [1.165, 1.54) is 12.8 Å². The number of aryl methyl sites for hydroxylation is 1. The fourth-order valence-corrected chi connectivity index (χ4v) is 3.90. The predicted octanol–water partition coefficient (Wildman–Crippen LogP) is 3.83. The first-order chi connectivity index (χ1) is 12.2. The van der Waals surface area contributed by atoms with Crippen LogP contribution in [0.2, 0.25) is 0 Å². The van der Waals surface area contributed by atoms with Gasteiger partial charge in [0.15, 0.2) is 0 Å². The van der Waals surface area contributed by atoms with Gasteiger partial charge in [-0.3, -0.25) is 0 Å². The summed E-state index contributed by atoms with van der Waals surface area (Å²) in [6.07, 6.45) is 6.42. The number of aromatic nitrogens is 2. The van der Waals surface area contributed by atoms with Crippen LogP contribution in [0.3, 0.4) is 0 Å². The third kappa shape index (κ3) is 3.25. The lowest BCUT2D eigenvalue weighted by Gasteiger charge is -2.24. The average Bonchev–Trinajstić information content (AvgIpc) is 3.36. The zero-order chi connectivity index (χ0) is 17.2. The molecular formula is C19H24N4O2. The van der Waals surface area contributed by atoms with Crippen molar-refractivity contribution in [3.63, 3.8) is 0 Å². The number of hydrogen-bond donors (Lipinski definition) is 1. The summed E-state index contributed by atoms with van der Waals surface area (Å²) in [7, 11) is 0. The number of hydrogen-bond acceptors (Lipinski definition) is 4. The number of carbonyl (C=O) groups excluding carboxylic acids is 1. The van der Waals surface area contributed by atoms with Crippen molar-refractivity contribution in [1.82, 2.24) is 20.4 Å². The smallest absolute Gasteiger partial charge is 0.318 e. The van der Waals surface area contributed by atoms with Crippen LogP contribution >= 0.6 is 0 Å². The number of likely N-dealkylation sites (tertiary alicyclic amines) is 1. The lowest BCUT2D eigenvalue weighted by atomic mass is 10.1. The van der Waals surface area contributed by atoms with Crippen LogP contribution in [0.5, 0.6) is 0 Å². The zero-order valence-corrected chi connectivity index (χ0v) is 14.6. The first-order valence-electron chi connectivity index (χ1n) is 9.19. The maximum absolute atomic E-state index is 12.6. The van der Waals surface area contributed by atoms with Crippen molar-refractivity contribution < 1.29 is 9.32 Å². The molecule has 2 heterocycles. The molecule has 1 saturated heterocycles. The summed E-state index contributed by atoms with van der Waals surface area (Å²) in [4.78, 5) is 19.1. The van der Waals surface area contributed by atoms with Crippen LogP contribution < -0.4 is 5.32 Å². The molecule has 1 N–H and O–H groups in total. The van der Waals surface area contributed by atoms with Crippen molar-refractivity contribution in [2.45, 2.75) is 57.5 Å². The minimum Gasteiger partial charge on any atom is -0.337 e. The van der Waals surface area contributed by atoms with E-state index in [1.54, 1.807) is 0 Å². The molecule has 25 heavy (non-hydrogen) atoms. The number of carbonyl (C=O) groups is 1. The van der Waals surface area contributed by atoms with Gasteiger partial charge in [-0.1, -0.05) is 42.3 Å². The van der Waals surface area contributed by atoms with Crippen molar-refractivity contribution in [2.75, 3.05) is 6.54 Å². The maximum Gasteiger partial charge on any atom is 0.318 e. The number of nitrogens with one attached hydrogen (secondary N) is 1. The molecule has 0 bridgehead atoms. The van der Waals surface area contributed by atoms with E-state index in [2.05, 4.69) is 15.5 Å². The van der Waals surface area contributed by atoms with E-state index in [0.717, 1.165) is 43.4 Å². The molecule has 2 amide bonds. The fraction of sp³-hybridized carbons (Fsp3) is 0.526. The lowest BCUT2D eigenvalue weighted by molar-refractivity contribution is 0.177. The van der Waals surface area contributed by atoms with Crippen LogP contribution in [-0.2, 0) is 0 Å². The van der Waals surface area contributed by atoms with E-state index >= 15 is 0 Å². The Kier molecular flexibility index (Phi) is 4.42. The summed E-state index contributed by atoms with van der Waals surface area (Å²) < 4.78 is 5.53. The molecule has 2 aromatic rings. The number of rotatable bonds is 3. The van der Waals surface area contributed by atoms with Crippen molar-refractivity contribution in [2.24, 2.45) is 0 Å². The first kappa shape index (κ1) is 16.1. The molecule has 1 aliphatic carbocycles. The molecule has 6 heteroatoms. The van der Waals surface area contributed by atoms with E-state index in [4.69, 9.17) is 4.52 Å². The van der Waals surface area contributed by atoms with E-state index in [9.17, 15) is 4.79 Å². The van der Waals surface area contributed by atoms with Crippen molar-refractivity contribution in [3.8, 4) is 11.4 Å². The highest BCUT2D eigenvalue weighted by Crippen LogP contribution is 2.32. The van der Waals surface area contributed by atoms with Crippen molar-refractivity contribution >= 4 is 6.03 Å². The third-order valence-electron chi connectivity index (χ3n) is 5.31. The van der Waals surface area contributed by atoms with Gasteiger partial charge in [-0.2, -0.15) is 4.98 Å². The van der Waals surface area contributed by atoms with Gasteiger partial charge in [0.1, 0.15) is 6.04 Å². The highest BCUT2D eigenvalue weighted by atomic mass is 16.5. The van der Waals surface area contributed by atoms with Crippen molar-refractivity contribution in [1.29, 1.82) is 0 Å². The fourth-order valence-electron chi connectivity index (χ4n) is 3.90. The number of amides is 2. The standard InChI is InChI=1S/C19H24N4O2/c1-13-7-2-5-10-15(13)17-21-18(25-22-17)16-11-6-12-23(16)19(24)20-14-8-3-4-9-14/h2,5,7,10,14,16H,3-4,6,8-9,11-12H2,1H3,(H,20,24)/t16-/m1/s1. The molecule has 132 valence electrons. The Balaban J connectivity index is 1.51. The Bertz CT molecular complexity index is 751. The zero-order valence-electron chi connectivity index (χ0n) is 14.6. The van der Waals surface area contributed by atoms with E-state index < -0.39 is 0 Å². The monoisotopic (exact) mass is 340 g/mol. The van der Waals surface area contributed by atoms with Gasteiger partial charge in [0.05, 0.1) is 0 Å². The number of nitrogens with zero attached hydrogens (tertiary/aromatic N) is 3. The third-order valence-corrected chi connectivity index (χ3v) is 5.31. The second-order valence-corrected chi connectivity index (χ2v) is 7.05. The van der Waals surface area contributed by atoms with Crippen LogP contribution in [0.25, 0.3) is 11.4 Å². The minimum absolute atomic E-state index is 0.00467. The Labute approximate surface area is 147 Å². The summed E-state index contributed by atoms with van der Waals surface area (Å²) in [5.74, 6) is 1.13. The lowest BCUT2D eigenvalue weighted by Crippen LogP contribution is -2.43. The molecule has 0 unspecified atom stereocenters. The molecule has 1 aromatic heterocycles. The molecule has 6 nitrogen and oxygen atoms in total. The predicted molar refractivity (Wildman–Crippen MR) is 93.9 cm³/mol. The molecule has 4 rings (SSSR count). The van der Waals surface area contributed by atoms with Gasteiger partial charge in [0.25, 0.3) is 0 Å². The van der Waals surface area contributed by atoms with Crippen LogP contribution in [-0.4, -0.2) is 33.7 Å². The summed E-state index contributed by atoms with van der Waals surface area (Å²) in [5, 5.41) is 7.31. The summed E-state index contributed by atoms with van der Waals surface area (Å²) in [5.41, 5.74) is 2.08. The van der Waals surface area contributed by atoms with Gasteiger partial charge in [-0.05, 0) is 38.2 Å². The first-order valence-corrected chi connectivity index (χ1v) is 9.19. The highest BCUT2D eigenvalue weighted by Gasteiger charge is 2.35. The average molecular weight is 340 g/mol. The van der Waals surface area contributed by atoms with E-state index in [0.29, 0.717) is 17.8 Å². The molecule has 1 atom stereocenters. The van der Waals surface area contributed by atoms with Crippen LogP contribution in [0, 0.1) is 6.92 Å². The number of urea groups is 1. The Morgan fingerprint density at radius 3 is 2.80 bits per heavy atom. The quantitative estimate of drug-likeness (QED) is 0.921. The van der Waals surface area contributed by atoms with Gasteiger partial charge in [-0.25, -0.2) is 4.79 Å². The molecule has 0 radical (unpaired) electrons.